The van der Waals surface area contributed by atoms with E-state index < -0.39 is 5.97 Å². The lowest BCUT2D eigenvalue weighted by Gasteiger charge is -2.18. The number of benzene rings is 1. The molecule has 0 aliphatic heterocycles. The molecule has 2 aromatic rings. The number of nitrogens with zero attached hydrogens (tertiary/aromatic N) is 2. The highest BCUT2D eigenvalue weighted by molar-refractivity contribution is 6.00. The van der Waals surface area contributed by atoms with Crippen LogP contribution in [-0.4, -0.2) is 36.7 Å². The molecule has 0 radical (unpaired) electrons. The van der Waals surface area contributed by atoms with Gasteiger partial charge >= 0.3 is 5.97 Å². The topological polar surface area (TPSA) is 65.5 Å². The molecule has 0 atom stereocenters. The number of hydrogen-bond acceptors (Lipinski definition) is 4. The summed E-state index contributed by atoms with van der Waals surface area (Å²) >= 11 is 0. The van der Waals surface area contributed by atoms with Crippen molar-refractivity contribution >= 4 is 28.2 Å². The minimum atomic E-state index is -0.874. The number of carbonyl (C=O) groups is 1. The summed E-state index contributed by atoms with van der Waals surface area (Å²) in [6.45, 7) is -0.0735. The summed E-state index contributed by atoms with van der Waals surface area (Å²) in [5.41, 5.74) is 1.000. The van der Waals surface area contributed by atoms with Crippen LogP contribution in [0, 0.1) is 0 Å². The Bertz CT molecular complexity index is 583. The van der Waals surface area contributed by atoms with Gasteiger partial charge in [-0.2, -0.15) is 0 Å². The summed E-state index contributed by atoms with van der Waals surface area (Å²) in [5, 5.41) is 13.9. The molecule has 1 aromatic heterocycles. The van der Waals surface area contributed by atoms with Crippen molar-refractivity contribution in [2.75, 3.05) is 30.9 Å². The van der Waals surface area contributed by atoms with E-state index >= 15 is 0 Å². The molecule has 2 N–H and O–H groups in total. The Morgan fingerprint density at radius 3 is 2.83 bits per heavy atom. The van der Waals surface area contributed by atoms with Gasteiger partial charge in [-0.25, -0.2) is 4.98 Å². The highest BCUT2D eigenvalue weighted by atomic mass is 16.4. The van der Waals surface area contributed by atoms with Gasteiger partial charge in [0, 0.05) is 36.8 Å². The smallest absolute Gasteiger partial charge is 0.323 e. The van der Waals surface area contributed by atoms with E-state index in [-0.39, 0.29) is 6.54 Å². The molecule has 0 saturated carbocycles. The predicted molar refractivity (Wildman–Crippen MR) is 72.2 cm³/mol. The van der Waals surface area contributed by atoms with Crippen molar-refractivity contribution in [1.82, 2.24) is 4.98 Å². The molecule has 0 unspecified atom stereocenters. The van der Waals surface area contributed by atoms with Crippen LogP contribution in [0.3, 0.4) is 0 Å². The van der Waals surface area contributed by atoms with E-state index in [0.29, 0.717) is 5.82 Å². The Hall–Kier alpha value is -2.30. The number of aliphatic carboxylic acids is 1. The Balaban J connectivity index is 2.55. The third-order valence-electron chi connectivity index (χ3n) is 2.79. The van der Waals surface area contributed by atoms with Gasteiger partial charge in [0.2, 0.25) is 0 Å². The number of likely N-dealkylation sites (N-methyl/N-ethyl adjacent to an activating group) is 1. The van der Waals surface area contributed by atoms with Crippen molar-refractivity contribution in [3.05, 3.63) is 30.5 Å². The van der Waals surface area contributed by atoms with Gasteiger partial charge in [0.15, 0.2) is 0 Å². The Kier molecular flexibility index (Phi) is 3.32. The number of carboxylic acid groups (broad SMARTS) is 1. The molecule has 18 heavy (non-hydrogen) atoms. The fourth-order valence-corrected chi connectivity index (χ4v) is 1.99. The average molecular weight is 245 g/mol. The van der Waals surface area contributed by atoms with E-state index in [1.807, 2.05) is 31.3 Å². The maximum Gasteiger partial charge on any atom is 0.323 e. The van der Waals surface area contributed by atoms with Gasteiger partial charge in [0.1, 0.15) is 12.4 Å². The lowest BCUT2D eigenvalue weighted by Crippen LogP contribution is -2.26. The third-order valence-corrected chi connectivity index (χ3v) is 2.79. The predicted octanol–water partition coefficient (Wildman–Crippen LogP) is 1.80. The number of pyridine rings is 1. The van der Waals surface area contributed by atoms with Crippen molar-refractivity contribution in [1.29, 1.82) is 0 Å². The van der Waals surface area contributed by atoms with Crippen molar-refractivity contribution < 1.29 is 9.90 Å². The summed E-state index contributed by atoms with van der Waals surface area (Å²) in [6.07, 6.45) is 1.69. The molecule has 0 spiro atoms. The second-order valence-corrected chi connectivity index (χ2v) is 4.04. The van der Waals surface area contributed by atoms with Gasteiger partial charge < -0.3 is 15.3 Å². The van der Waals surface area contributed by atoms with Crippen LogP contribution in [0.1, 0.15) is 0 Å². The van der Waals surface area contributed by atoms with Crippen molar-refractivity contribution in [3.63, 3.8) is 0 Å². The quantitative estimate of drug-likeness (QED) is 0.859. The van der Waals surface area contributed by atoms with Crippen molar-refractivity contribution in [3.8, 4) is 0 Å². The maximum absolute atomic E-state index is 10.8. The Morgan fingerprint density at radius 2 is 2.17 bits per heavy atom. The normalized spacial score (nSPS) is 10.3. The molecule has 0 aliphatic rings. The molecular formula is C13H15N3O2. The highest BCUT2D eigenvalue weighted by Gasteiger charge is 2.11. The molecule has 2 rings (SSSR count). The van der Waals surface area contributed by atoms with Gasteiger partial charge in [0.05, 0.1) is 0 Å². The first-order chi connectivity index (χ1) is 8.63. The Morgan fingerprint density at radius 1 is 1.39 bits per heavy atom. The summed E-state index contributed by atoms with van der Waals surface area (Å²) in [4.78, 5) is 16.7. The summed E-state index contributed by atoms with van der Waals surface area (Å²) in [5.74, 6) is -0.201. The molecule has 0 fully saturated rings. The lowest BCUT2D eigenvalue weighted by atomic mass is 10.1. The van der Waals surface area contributed by atoms with Gasteiger partial charge in [-0.15, -0.1) is 0 Å². The molecule has 5 nitrogen and oxygen atoms in total. The van der Waals surface area contributed by atoms with Gasteiger partial charge in [0.25, 0.3) is 0 Å². The van der Waals surface area contributed by atoms with Gasteiger partial charge in [-0.3, -0.25) is 4.79 Å². The van der Waals surface area contributed by atoms with E-state index in [4.69, 9.17) is 5.11 Å². The lowest BCUT2D eigenvalue weighted by molar-refractivity contribution is -0.135. The van der Waals surface area contributed by atoms with Crippen LogP contribution >= 0.6 is 0 Å². The molecule has 0 amide bonds. The van der Waals surface area contributed by atoms with E-state index in [2.05, 4.69) is 10.3 Å². The van der Waals surface area contributed by atoms with E-state index in [9.17, 15) is 4.79 Å². The minimum absolute atomic E-state index is 0.0735. The zero-order valence-corrected chi connectivity index (χ0v) is 10.3. The average Bonchev–Trinajstić information content (AvgIpc) is 2.36. The first-order valence-electron chi connectivity index (χ1n) is 5.62. The van der Waals surface area contributed by atoms with Gasteiger partial charge in [-0.1, -0.05) is 12.1 Å². The molecule has 1 aromatic carbocycles. The molecule has 94 valence electrons. The molecule has 0 bridgehead atoms. The van der Waals surface area contributed by atoms with Crippen LogP contribution in [0.4, 0.5) is 11.5 Å². The number of fused-ring (bicyclic) bond motifs is 1. The van der Waals surface area contributed by atoms with E-state index in [0.717, 1.165) is 16.5 Å². The first kappa shape index (κ1) is 12.2. The molecule has 1 heterocycles. The molecule has 0 aliphatic carbocycles. The summed E-state index contributed by atoms with van der Waals surface area (Å²) < 4.78 is 0. The van der Waals surface area contributed by atoms with Crippen LogP contribution in [0.2, 0.25) is 0 Å². The molecule has 0 saturated heterocycles. The number of rotatable bonds is 4. The number of anilines is 2. The van der Waals surface area contributed by atoms with Crippen molar-refractivity contribution in [2.45, 2.75) is 0 Å². The van der Waals surface area contributed by atoms with Crippen LogP contribution in [-0.2, 0) is 4.79 Å². The standard InChI is InChI=1S/C13H15N3O2/c1-14-11-5-3-4-10-9(11)6-7-15-13(10)16(2)8-12(17)18/h3-7,14H,8H2,1-2H3,(H,17,18). The number of carboxylic acids is 1. The fourth-order valence-electron chi connectivity index (χ4n) is 1.99. The number of nitrogens with one attached hydrogen (secondary N) is 1. The minimum Gasteiger partial charge on any atom is -0.480 e. The third kappa shape index (κ3) is 2.20. The Labute approximate surface area is 105 Å². The first-order valence-corrected chi connectivity index (χ1v) is 5.62. The highest BCUT2D eigenvalue weighted by Crippen LogP contribution is 2.28. The van der Waals surface area contributed by atoms with Crippen LogP contribution in [0.15, 0.2) is 30.5 Å². The van der Waals surface area contributed by atoms with Crippen molar-refractivity contribution in [2.24, 2.45) is 0 Å². The second-order valence-electron chi connectivity index (χ2n) is 4.04. The van der Waals surface area contributed by atoms with Crippen LogP contribution in [0.25, 0.3) is 10.8 Å². The number of aromatic nitrogens is 1. The summed E-state index contributed by atoms with van der Waals surface area (Å²) in [7, 11) is 3.58. The SMILES string of the molecule is CNc1cccc2c(N(C)CC(=O)O)nccc12. The van der Waals surface area contributed by atoms with E-state index in [1.54, 1.807) is 18.1 Å². The second kappa shape index (κ2) is 4.91. The maximum atomic E-state index is 10.8. The van der Waals surface area contributed by atoms with Crippen LogP contribution in [0.5, 0.6) is 0 Å². The molecule has 5 heteroatoms. The molecular weight excluding hydrogens is 230 g/mol. The van der Waals surface area contributed by atoms with Gasteiger partial charge in [-0.05, 0) is 12.1 Å². The summed E-state index contributed by atoms with van der Waals surface area (Å²) in [6, 6.07) is 7.76. The van der Waals surface area contributed by atoms with E-state index in [1.165, 1.54) is 0 Å². The zero-order valence-electron chi connectivity index (χ0n) is 10.3. The monoisotopic (exact) mass is 245 g/mol. The van der Waals surface area contributed by atoms with Crippen LogP contribution < -0.4 is 10.2 Å². The number of hydrogen-bond donors (Lipinski definition) is 2. The largest absolute Gasteiger partial charge is 0.480 e. The fraction of sp³-hybridized carbons (Fsp3) is 0.231. The zero-order chi connectivity index (χ0) is 13.1.